The van der Waals surface area contributed by atoms with Crippen LogP contribution >= 0.6 is 0 Å². The molecule has 0 radical (unpaired) electrons. The first kappa shape index (κ1) is 19.9. The summed E-state index contributed by atoms with van der Waals surface area (Å²) in [5.41, 5.74) is 2.93. The van der Waals surface area contributed by atoms with Gasteiger partial charge >= 0.3 is 12.0 Å². The van der Waals surface area contributed by atoms with Crippen molar-refractivity contribution in [2.75, 3.05) is 7.05 Å². The molecule has 8 heteroatoms. The molecule has 0 aliphatic carbocycles. The maximum atomic E-state index is 12.3. The van der Waals surface area contributed by atoms with E-state index in [-0.39, 0.29) is 0 Å². The van der Waals surface area contributed by atoms with Gasteiger partial charge in [0.1, 0.15) is 0 Å². The van der Waals surface area contributed by atoms with Gasteiger partial charge in [-0.1, -0.05) is 30.3 Å². The van der Waals surface area contributed by atoms with Crippen molar-refractivity contribution in [3.8, 4) is 0 Å². The van der Waals surface area contributed by atoms with Crippen LogP contribution in [0.4, 0.5) is 4.79 Å². The molecule has 0 spiro atoms. The quantitative estimate of drug-likeness (QED) is 0.617. The molecule has 0 unspecified atom stereocenters. The van der Waals surface area contributed by atoms with E-state index in [1.807, 2.05) is 20.9 Å². The standard InChI is InChI=1S/C19H22N4O4/c1-12-15(13(2)23(4)22-12)10-11-16(24)27-17(14-8-6-5-7-9-14)18(25)21-19(26)20-3/h5-11,17H,1-4H3,(H2,20,21,25,26)/b11-10+/t17-/m1/s1. The Morgan fingerprint density at radius 2 is 1.85 bits per heavy atom. The summed E-state index contributed by atoms with van der Waals surface area (Å²) in [7, 11) is 3.19. The first-order chi connectivity index (χ1) is 12.8. The molecule has 1 heterocycles. The number of hydrogen-bond donors (Lipinski definition) is 2. The van der Waals surface area contributed by atoms with E-state index < -0.39 is 24.0 Å². The Morgan fingerprint density at radius 3 is 2.41 bits per heavy atom. The van der Waals surface area contributed by atoms with Gasteiger partial charge in [0.25, 0.3) is 5.91 Å². The Kier molecular flexibility index (Phi) is 6.48. The van der Waals surface area contributed by atoms with Gasteiger partial charge in [-0.3, -0.25) is 14.8 Å². The van der Waals surface area contributed by atoms with E-state index in [1.165, 1.54) is 13.1 Å². The molecule has 0 aliphatic rings. The lowest BCUT2D eigenvalue weighted by atomic mass is 10.1. The third-order valence-electron chi connectivity index (χ3n) is 3.99. The molecule has 8 nitrogen and oxygen atoms in total. The fraction of sp³-hybridized carbons (Fsp3) is 0.263. The second-order valence-corrected chi connectivity index (χ2v) is 5.84. The largest absolute Gasteiger partial charge is 0.444 e. The lowest BCUT2D eigenvalue weighted by Crippen LogP contribution is -2.41. The van der Waals surface area contributed by atoms with Crippen LogP contribution in [0.2, 0.25) is 0 Å². The number of imide groups is 1. The molecule has 1 atom stereocenters. The highest BCUT2D eigenvalue weighted by Crippen LogP contribution is 2.19. The Bertz CT molecular complexity index is 871. The summed E-state index contributed by atoms with van der Waals surface area (Å²) in [5.74, 6) is -1.45. The highest BCUT2D eigenvalue weighted by atomic mass is 16.5. The summed E-state index contributed by atoms with van der Waals surface area (Å²) in [5, 5.41) is 8.68. The van der Waals surface area contributed by atoms with Gasteiger partial charge in [-0.05, 0) is 19.9 Å². The van der Waals surface area contributed by atoms with Crippen molar-refractivity contribution in [3.05, 3.63) is 58.9 Å². The minimum Gasteiger partial charge on any atom is -0.444 e. The minimum absolute atomic E-state index is 0.453. The Morgan fingerprint density at radius 1 is 1.19 bits per heavy atom. The molecule has 0 fully saturated rings. The summed E-state index contributed by atoms with van der Waals surface area (Å²) in [6.45, 7) is 3.72. The van der Waals surface area contributed by atoms with Gasteiger partial charge in [0, 0.05) is 37.0 Å². The normalized spacial score (nSPS) is 11.9. The molecule has 1 aromatic heterocycles. The van der Waals surface area contributed by atoms with Crippen molar-refractivity contribution in [1.82, 2.24) is 20.4 Å². The number of rotatable bonds is 5. The van der Waals surface area contributed by atoms with Crippen LogP contribution in [0.15, 0.2) is 36.4 Å². The van der Waals surface area contributed by atoms with Gasteiger partial charge in [-0.2, -0.15) is 5.10 Å². The third kappa shape index (κ3) is 5.04. The van der Waals surface area contributed by atoms with E-state index in [0.717, 1.165) is 17.0 Å². The molecular weight excluding hydrogens is 348 g/mol. The molecule has 3 amide bonds. The van der Waals surface area contributed by atoms with E-state index in [4.69, 9.17) is 4.74 Å². The van der Waals surface area contributed by atoms with E-state index in [0.29, 0.717) is 5.56 Å². The van der Waals surface area contributed by atoms with Crippen LogP contribution in [-0.4, -0.2) is 34.7 Å². The highest BCUT2D eigenvalue weighted by molar-refractivity contribution is 5.98. The molecule has 0 saturated heterocycles. The predicted molar refractivity (Wildman–Crippen MR) is 99.6 cm³/mol. The van der Waals surface area contributed by atoms with Crippen molar-refractivity contribution in [2.45, 2.75) is 20.0 Å². The number of urea groups is 1. The zero-order chi connectivity index (χ0) is 20.0. The van der Waals surface area contributed by atoms with Crippen molar-refractivity contribution >= 4 is 24.0 Å². The molecule has 142 valence electrons. The molecule has 0 bridgehead atoms. The van der Waals surface area contributed by atoms with Crippen LogP contribution in [0.25, 0.3) is 6.08 Å². The average Bonchev–Trinajstić information content (AvgIpc) is 2.90. The minimum atomic E-state index is -1.25. The van der Waals surface area contributed by atoms with Gasteiger partial charge in [0.15, 0.2) is 0 Å². The fourth-order valence-electron chi connectivity index (χ4n) is 2.48. The molecule has 0 aliphatic heterocycles. The van der Waals surface area contributed by atoms with Gasteiger partial charge in [0.2, 0.25) is 6.10 Å². The number of nitrogens with zero attached hydrogens (tertiary/aromatic N) is 2. The second-order valence-electron chi connectivity index (χ2n) is 5.84. The van der Waals surface area contributed by atoms with Crippen LogP contribution < -0.4 is 10.6 Å². The smallest absolute Gasteiger partial charge is 0.331 e. The van der Waals surface area contributed by atoms with E-state index in [9.17, 15) is 14.4 Å². The molecular formula is C19H22N4O4. The maximum Gasteiger partial charge on any atom is 0.331 e. The summed E-state index contributed by atoms with van der Waals surface area (Å²) < 4.78 is 7.02. The monoisotopic (exact) mass is 370 g/mol. The van der Waals surface area contributed by atoms with Gasteiger partial charge in [0.05, 0.1) is 5.69 Å². The van der Waals surface area contributed by atoms with Gasteiger partial charge in [-0.25, -0.2) is 9.59 Å². The first-order valence-electron chi connectivity index (χ1n) is 8.30. The third-order valence-corrected chi connectivity index (χ3v) is 3.99. The van der Waals surface area contributed by atoms with E-state index in [1.54, 1.807) is 41.1 Å². The molecule has 27 heavy (non-hydrogen) atoms. The van der Waals surface area contributed by atoms with Crippen LogP contribution in [-0.2, 0) is 21.4 Å². The number of hydrogen-bond acceptors (Lipinski definition) is 5. The zero-order valence-electron chi connectivity index (χ0n) is 15.6. The number of benzene rings is 1. The van der Waals surface area contributed by atoms with E-state index >= 15 is 0 Å². The zero-order valence-corrected chi connectivity index (χ0v) is 15.6. The molecule has 2 N–H and O–H groups in total. The summed E-state index contributed by atoms with van der Waals surface area (Å²) in [6, 6.07) is 7.78. The van der Waals surface area contributed by atoms with Crippen LogP contribution in [0.3, 0.4) is 0 Å². The topological polar surface area (TPSA) is 102 Å². The van der Waals surface area contributed by atoms with Crippen molar-refractivity contribution in [1.29, 1.82) is 0 Å². The van der Waals surface area contributed by atoms with Crippen molar-refractivity contribution < 1.29 is 19.1 Å². The van der Waals surface area contributed by atoms with Gasteiger partial charge in [-0.15, -0.1) is 0 Å². The lowest BCUT2D eigenvalue weighted by molar-refractivity contribution is -0.151. The Labute approximate surface area is 157 Å². The van der Waals surface area contributed by atoms with Crippen LogP contribution in [0.5, 0.6) is 0 Å². The molecule has 0 saturated carbocycles. The summed E-state index contributed by atoms with van der Waals surface area (Å²) in [4.78, 5) is 36.0. The van der Waals surface area contributed by atoms with E-state index in [2.05, 4.69) is 15.7 Å². The number of aromatic nitrogens is 2. The average molecular weight is 370 g/mol. The number of aryl methyl sites for hydroxylation is 2. The van der Waals surface area contributed by atoms with Crippen LogP contribution in [0.1, 0.15) is 28.6 Å². The number of esters is 1. The first-order valence-corrected chi connectivity index (χ1v) is 8.30. The molecule has 2 aromatic rings. The highest BCUT2D eigenvalue weighted by Gasteiger charge is 2.25. The van der Waals surface area contributed by atoms with Crippen LogP contribution in [0, 0.1) is 13.8 Å². The maximum absolute atomic E-state index is 12.3. The second kappa shape index (κ2) is 8.79. The Hall–Kier alpha value is -3.42. The molecule has 2 rings (SSSR count). The van der Waals surface area contributed by atoms with Gasteiger partial charge < -0.3 is 10.1 Å². The van der Waals surface area contributed by atoms with Crippen molar-refractivity contribution in [3.63, 3.8) is 0 Å². The summed E-state index contributed by atoms with van der Waals surface area (Å²) in [6.07, 6.45) is 1.58. The van der Waals surface area contributed by atoms with Crippen molar-refractivity contribution in [2.24, 2.45) is 7.05 Å². The number of amides is 3. The predicted octanol–water partition coefficient (Wildman–Crippen LogP) is 1.79. The fourth-order valence-corrected chi connectivity index (χ4v) is 2.48. The number of carbonyl (C=O) groups is 3. The Balaban J connectivity index is 2.19. The number of nitrogens with one attached hydrogen (secondary N) is 2. The number of carbonyl (C=O) groups excluding carboxylic acids is 3. The SMILES string of the molecule is CNC(=O)NC(=O)[C@H](OC(=O)/C=C/c1c(C)nn(C)c1C)c1ccccc1. The lowest BCUT2D eigenvalue weighted by Gasteiger charge is -2.16. The summed E-state index contributed by atoms with van der Waals surface area (Å²) >= 11 is 0. The number of ether oxygens (including phenoxy) is 1. The molecule has 1 aromatic carbocycles.